The second kappa shape index (κ2) is 9.61. The van der Waals surface area contributed by atoms with E-state index in [0.717, 1.165) is 41.6 Å². The summed E-state index contributed by atoms with van der Waals surface area (Å²) in [5.41, 5.74) is 5.14. The largest absolute Gasteiger partial charge is 0.342 e. The topological polar surface area (TPSA) is 120 Å². The van der Waals surface area contributed by atoms with Crippen molar-refractivity contribution < 1.29 is 14.4 Å². The zero-order chi connectivity index (χ0) is 24.5. The van der Waals surface area contributed by atoms with Crippen LogP contribution in [0.25, 0.3) is 0 Å². The Bertz CT molecular complexity index is 1280. The van der Waals surface area contributed by atoms with Gasteiger partial charge in [-0.15, -0.1) is 11.3 Å². The van der Waals surface area contributed by atoms with Crippen molar-refractivity contribution >= 4 is 34.2 Å². The first-order valence-corrected chi connectivity index (χ1v) is 12.7. The number of benzene rings is 1. The Hall–Kier alpha value is -3.53. The Morgan fingerprint density at radius 3 is 2.89 bits per heavy atom. The van der Waals surface area contributed by atoms with E-state index < -0.39 is 0 Å². The quantitative estimate of drug-likeness (QED) is 0.489. The van der Waals surface area contributed by atoms with Gasteiger partial charge in [-0.3, -0.25) is 19.5 Å². The Labute approximate surface area is 207 Å². The third kappa shape index (κ3) is 4.84. The first-order valence-electron chi connectivity index (χ1n) is 11.9. The highest BCUT2D eigenvalue weighted by Crippen LogP contribution is 2.29. The maximum absolute atomic E-state index is 13.2. The highest BCUT2D eigenvalue weighted by Gasteiger charge is 2.31. The molecule has 0 fully saturated rings. The van der Waals surface area contributed by atoms with E-state index in [-0.39, 0.29) is 36.1 Å². The van der Waals surface area contributed by atoms with Crippen LogP contribution in [-0.2, 0) is 35.4 Å². The van der Waals surface area contributed by atoms with Gasteiger partial charge in [-0.1, -0.05) is 38.1 Å². The number of amides is 3. The number of aromatic nitrogens is 3. The number of hydrogen-bond acceptors (Lipinski definition) is 6. The lowest BCUT2D eigenvalue weighted by atomic mass is 9.94. The van der Waals surface area contributed by atoms with Crippen molar-refractivity contribution in [3.63, 3.8) is 0 Å². The number of anilines is 1. The standard InChI is InChI=1S/C25H28N6O3S/c1-14(2)23(33)28-25-26-16(13-35-25)10-21(32)31-11-15-6-3-4-7-17(15)20(12-31)27-24(34)22-18-8-5-9-19(18)29-30-22/h3-4,6-7,13-14,20H,5,8-12H2,1-2H3,(H,27,34)(H,29,30)(H,26,28,33). The van der Waals surface area contributed by atoms with E-state index in [4.69, 9.17) is 0 Å². The number of H-pyrrole nitrogens is 1. The summed E-state index contributed by atoms with van der Waals surface area (Å²) in [7, 11) is 0. The normalized spacial score (nSPS) is 16.7. The fourth-order valence-corrected chi connectivity index (χ4v) is 5.33. The molecule has 2 aromatic heterocycles. The Morgan fingerprint density at radius 1 is 1.23 bits per heavy atom. The second-order valence-electron chi connectivity index (χ2n) is 9.35. The summed E-state index contributed by atoms with van der Waals surface area (Å²) in [5, 5.41) is 15.4. The van der Waals surface area contributed by atoms with Crippen LogP contribution in [-0.4, -0.2) is 44.3 Å². The Morgan fingerprint density at radius 2 is 2.06 bits per heavy atom. The fourth-order valence-electron chi connectivity index (χ4n) is 4.62. The summed E-state index contributed by atoms with van der Waals surface area (Å²) in [4.78, 5) is 44.4. The zero-order valence-corrected chi connectivity index (χ0v) is 20.6. The maximum atomic E-state index is 13.2. The van der Waals surface area contributed by atoms with Gasteiger partial charge in [-0.05, 0) is 30.4 Å². The highest BCUT2D eigenvalue weighted by atomic mass is 32.1. The van der Waals surface area contributed by atoms with Gasteiger partial charge in [0.25, 0.3) is 5.91 Å². The van der Waals surface area contributed by atoms with E-state index in [1.54, 1.807) is 10.3 Å². The summed E-state index contributed by atoms with van der Waals surface area (Å²) >= 11 is 1.31. The van der Waals surface area contributed by atoms with Crippen LogP contribution in [0.2, 0.25) is 0 Å². The molecule has 3 heterocycles. The first kappa shape index (κ1) is 23.2. The van der Waals surface area contributed by atoms with Crippen LogP contribution in [0.3, 0.4) is 0 Å². The molecule has 5 rings (SSSR count). The fraction of sp³-hybridized carbons (Fsp3) is 0.400. The lowest BCUT2D eigenvalue weighted by Gasteiger charge is -2.35. The summed E-state index contributed by atoms with van der Waals surface area (Å²) < 4.78 is 0. The third-order valence-electron chi connectivity index (χ3n) is 6.51. The number of nitrogens with zero attached hydrogens (tertiary/aromatic N) is 3. The molecule has 3 N–H and O–H groups in total. The van der Waals surface area contributed by atoms with Gasteiger partial charge in [0.05, 0.1) is 18.2 Å². The molecule has 1 aromatic carbocycles. The number of hydrogen-bond donors (Lipinski definition) is 3. The Kier molecular flexibility index (Phi) is 6.38. The van der Waals surface area contributed by atoms with Gasteiger partial charge in [0.1, 0.15) is 0 Å². The molecule has 1 aliphatic heterocycles. The number of rotatable bonds is 6. The molecule has 3 aromatic rings. The van der Waals surface area contributed by atoms with E-state index in [2.05, 4.69) is 25.8 Å². The van der Waals surface area contributed by atoms with Gasteiger partial charge in [-0.2, -0.15) is 5.10 Å². The van der Waals surface area contributed by atoms with Gasteiger partial charge in [0.15, 0.2) is 10.8 Å². The molecule has 0 bridgehead atoms. The molecule has 1 aliphatic carbocycles. The molecule has 9 nitrogen and oxygen atoms in total. The molecule has 3 amide bonds. The van der Waals surface area contributed by atoms with Crippen molar-refractivity contribution in [2.24, 2.45) is 5.92 Å². The van der Waals surface area contributed by atoms with Gasteiger partial charge in [-0.25, -0.2) is 4.98 Å². The van der Waals surface area contributed by atoms with Gasteiger partial charge < -0.3 is 15.5 Å². The predicted molar refractivity (Wildman–Crippen MR) is 132 cm³/mol. The van der Waals surface area contributed by atoms with Gasteiger partial charge >= 0.3 is 0 Å². The summed E-state index contributed by atoms with van der Waals surface area (Å²) in [5.74, 6) is -0.548. The summed E-state index contributed by atoms with van der Waals surface area (Å²) in [6.45, 7) is 4.47. The number of carbonyl (C=O) groups is 3. The van der Waals surface area contributed by atoms with Crippen LogP contribution in [0.15, 0.2) is 29.6 Å². The van der Waals surface area contributed by atoms with Gasteiger partial charge in [0, 0.05) is 35.6 Å². The van der Waals surface area contributed by atoms with Crippen LogP contribution < -0.4 is 10.6 Å². The second-order valence-corrected chi connectivity index (χ2v) is 10.2. The summed E-state index contributed by atoms with van der Waals surface area (Å²) in [6.07, 6.45) is 2.93. The zero-order valence-electron chi connectivity index (χ0n) is 19.8. The van der Waals surface area contributed by atoms with Crippen molar-refractivity contribution in [3.8, 4) is 0 Å². The number of carbonyl (C=O) groups excluding carboxylic acids is 3. The molecule has 0 spiro atoms. The average molecular weight is 493 g/mol. The molecule has 2 aliphatic rings. The predicted octanol–water partition coefficient (Wildman–Crippen LogP) is 3.01. The van der Waals surface area contributed by atoms with Crippen molar-refractivity contribution in [3.05, 3.63) is 63.4 Å². The smallest absolute Gasteiger partial charge is 0.272 e. The van der Waals surface area contributed by atoms with Crippen LogP contribution in [0.1, 0.15) is 64.9 Å². The van der Waals surface area contributed by atoms with Crippen LogP contribution in [0, 0.1) is 5.92 Å². The SMILES string of the molecule is CC(C)C(=O)Nc1nc(CC(=O)N2Cc3ccccc3C(NC(=O)c3n[nH]c4c3CCC4)C2)cs1. The number of aromatic amines is 1. The molecular weight excluding hydrogens is 464 g/mol. The first-order chi connectivity index (χ1) is 16.9. The van der Waals surface area contributed by atoms with Crippen molar-refractivity contribution in [1.29, 1.82) is 0 Å². The van der Waals surface area contributed by atoms with Crippen molar-refractivity contribution in [2.45, 2.75) is 52.1 Å². The maximum Gasteiger partial charge on any atom is 0.272 e. The summed E-state index contributed by atoms with van der Waals surface area (Å²) in [6, 6.07) is 7.55. The van der Waals surface area contributed by atoms with Crippen LogP contribution in [0.4, 0.5) is 5.13 Å². The molecule has 0 radical (unpaired) electrons. The number of fused-ring (bicyclic) bond motifs is 2. The van der Waals surface area contributed by atoms with Crippen LogP contribution in [0.5, 0.6) is 0 Å². The average Bonchev–Trinajstić information content (AvgIpc) is 3.56. The van der Waals surface area contributed by atoms with Crippen molar-refractivity contribution in [1.82, 2.24) is 25.4 Å². The monoisotopic (exact) mass is 492 g/mol. The number of nitrogens with one attached hydrogen (secondary N) is 3. The number of thiazole rings is 1. The van der Waals surface area contributed by atoms with Gasteiger partial charge in [0.2, 0.25) is 11.8 Å². The highest BCUT2D eigenvalue weighted by molar-refractivity contribution is 7.13. The number of aryl methyl sites for hydroxylation is 1. The lowest BCUT2D eigenvalue weighted by molar-refractivity contribution is -0.132. The Balaban J connectivity index is 1.29. The molecular formula is C25H28N6O3S. The molecule has 0 saturated carbocycles. The van der Waals surface area contributed by atoms with E-state index in [9.17, 15) is 14.4 Å². The van der Waals surface area contributed by atoms with E-state index in [1.807, 2.05) is 38.1 Å². The third-order valence-corrected chi connectivity index (χ3v) is 7.32. The molecule has 0 saturated heterocycles. The minimum absolute atomic E-state index is 0.0774. The van der Waals surface area contributed by atoms with Crippen molar-refractivity contribution in [2.75, 3.05) is 11.9 Å². The molecule has 35 heavy (non-hydrogen) atoms. The molecule has 10 heteroatoms. The minimum atomic E-state index is -0.332. The molecule has 1 unspecified atom stereocenters. The van der Waals surface area contributed by atoms with E-state index in [0.29, 0.717) is 29.6 Å². The lowest BCUT2D eigenvalue weighted by Crippen LogP contribution is -2.45. The van der Waals surface area contributed by atoms with E-state index in [1.165, 1.54) is 11.3 Å². The minimum Gasteiger partial charge on any atom is -0.342 e. The molecule has 182 valence electrons. The van der Waals surface area contributed by atoms with Crippen LogP contribution >= 0.6 is 11.3 Å². The van der Waals surface area contributed by atoms with E-state index >= 15 is 0 Å². The molecule has 1 atom stereocenters.